The fourth-order valence-corrected chi connectivity index (χ4v) is 4.49. The van der Waals surface area contributed by atoms with Gasteiger partial charge in [-0.15, -0.1) is 17.9 Å². The topological polar surface area (TPSA) is 49.4 Å². The van der Waals surface area contributed by atoms with E-state index in [1.807, 2.05) is 12.1 Å². The number of hydrogen-bond acceptors (Lipinski definition) is 4. The maximum absolute atomic E-state index is 12.6. The number of halogens is 2. The largest absolute Gasteiger partial charge is 0.298 e. The van der Waals surface area contributed by atoms with Gasteiger partial charge in [-0.3, -0.25) is 19.8 Å². The SMILES string of the molecule is C=CCN1C(=O)C(=Cc2c(Br)sc3ccc(Cl)cc23)C(=O)NC1=S. The maximum atomic E-state index is 12.6. The van der Waals surface area contributed by atoms with Crippen molar-refractivity contribution in [2.24, 2.45) is 0 Å². The molecule has 1 N–H and O–H groups in total. The Balaban J connectivity index is 2.13. The van der Waals surface area contributed by atoms with E-state index in [2.05, 4.69) is 27.8 Å². The van der Waals surface area contributed by atoms with Crippen LogP contribution < -0.4 is 5.32 Å². The van der Waals surface area contributed by atoms with Gasteiger partial charge in [0.15, 0.2) is 5.11 Å². The second kappa shape index (κ2) is 6.76. The summed E-state index contributed by atoms with van der Waals surface area (Å²) in [5, 5.41) is 4.07. The molecule has 0 bridgehead atoms. The van der Waals surface area contributed by atoms with E-state index in [9.17, 15) is 9.59 Å². The van der Waals surface area contributed by atoms with Gasteiger partial charge in [-0.1, -0.05) is 17.7 Å². The van der Waals surface area contributed by atoms with Crippen LogP contribution in [0.5, 0.6) is 0 Å². The Hall–Kier alpha value is -1.54. The molecule has 1 aliphatic rings. The van der Waals surface area contributed by atoms with Gasteiger partial charge < -0.3 is 0 Å². The van der Waals surface area contributed by atoms with Crippen LogP contribution in [-0.2, 0) is 9.59 Å². The Morgan fingerprint density at radius 3 is 2.88 bits per heavy atom. The minimum atomic E-state index is -0.515. The average molecular weight is 442 g/mol. The molecule has 0 radical (unpaired) electrons. The lowest BCUT2D eigenvalue weighted by Crippen LogP contribution is -2.53. The number of rotatable bonds is 3. The van der Waals surface area contributed by atoms with E-state index in [0.717, 1.165) is 19.4 Å². The molecule has 3 rings (SSSR count). The molecule has 1 aromatic carbocycles. The number of fused-ring (bicyclic) bond motifs is 1. The summed E-state index contributed by atoms with van der Waals surface area (Å²) in [6, 6.07) is 5.51. The third-order valence-electron chi connectivity index (χ3n) is 3.43. The molecule has 1 saturated heterocycles. The van der Waals surface area contributed by atoms with Crippen molar-refractivity contribution in [1.82, 2.24) is 10.2 Å². The summed E-state index contributed by atoms with van der Waals surface area (Å²) in [6.45, 7) is 3.83. The Labute approximate surface area is 160 Å². The molecule has 0 saturated carbocycles. The summed E-state index contributed by atoms with van der Waals surface area (Å²) in [7, 11) is 0. The van der Waals surface area contributed by atoms with E-state index in [0.29, 0.717) is 5.02 Å². The predicted molar refractivity (Wildman–Crippen MR) is 105 cm³/mol. The number of carbonyl (C=O) groups excluding carboxylic acids is 2. The number of nitrogens with one attached hydrogen (secondary N) is 1. The molecular formula is C16H10BrClN2O2S2. The van der Waals surface area contributed by atoms with E-state index >= 15 is 0 Å². The molecule has 0 atom stereocenters. The standard InChI is InChI=1S/C16H10BrClN2O2S2/c1-2-5-20-15(22)11(14(21)19-16(20)23)7-10-9-6-8(18)3-4-12(9)24-13(10)17/h2-4,6-7H,1,5H2,(H,19,21,23). The number of amides is 2. The molecule has 4 nitrogen and oxygen atoms in total. The summed E-state index contributed by atoms with van der Waals surface area (Å²) in [6.07, 6.45) is 3.11. The van der Waals surface area contributed by atoms with Crippen molar-refractivity contribution in [3.8, 4) is 0 Å². The Morgan fingerprint density at radius 2 is 2.17 bits per heavy atom. The molecule has 24 heavy (non-hydrogen) atoms. The fourth-order valence-electron chi connectivity index (χ4n) is 2.33. The molecule has 0 unspecified atom stereocenters. The van der Waals surface area contributed by atoms with Gasteiger partial charge in [0.1, 0.15) is 5.57 Å². The van der Waals surface area contributed by atoms with Crippen LogP contribution in [0.3, 0.4) is 0 Å². The van der Waals surface area contributed by atoms with Crippen LogP contribution in [0.1, 0.15) is 5.56 Å². The fraction of sp³-hybridized carbons (Fsp3) is 0.0625. The summed E-state index contributed by atoms with van der Waals surface area (Å²) < 4.78 is 1.82. The number of carbonyl (C=O) groups is 2. The monoisotopic (exact) mass is 440 g/mol. The van der Waals surface area contributed by atoms with Gasteiger partial charge in [0.05, 0.1) is 3.79 Å². The highest BCUT2D eigenvalue weighted by Crippen LogP contribution is 2.38. The second-order valence-corrected chi connectivity index (χ2v) is 8.14. The van der Waals surface area contributed by atoms with Crippen molar-refractivity contribution in [2.45, 2.75) is 0 Å². The van der Waals surface area contributed by atoms with Crippen molar-refractivity contribution in [3.05, 3.63) is 50.8 Å². The first kappa shape index (κ1) is 17.3. The number of thiocarbonyl (C=S) groups is 1. The Bertz CT molecular complexity index is 936. The molecule has 1 aromatic heterocycles. The van der Waals surface area contributed by atoms with Crippen LogP contribution in [0.25, 0.3) is 16.2 Å². The first-order valence-corrected chi connectivity index (χ1v) is 9.19. The number of benzene rings is 1. The third-order valence-corrected chi connectivity index (χ3v) is 5.87. The summed E-state index contributed by atoms with van der Waals surface area (Å²) >= 11 is 16.1. The van der Waals surface area contributed by atoms with E-state index < -0.39 is 11.8 Å². The van der Waals surface area contributed by atoms with Crippen LogP contribution in [0.4, 0.5) is 0 Å². The predicted octanol–water partition coefficient (Wildman–Crippen LogP) is 4.13. The molecule has 1 fully saturated rings. The van der Waals surface area contributed by atoms with Crippen molar-refractivity contribution in [2.75, 3.05) is 6.54 Å². The molecule has 2 heterocycles. The first-order valence-electron chi connectivity index (χ1n) is 6.79. The second-order valence-electron chi connectivity index (χ2n) is 4.95. The molecule has 8 heteroatoms. The Morgan fingerprint density at radius 1 is 1.42 bits per heavy atom. The van der Waals surface area contributed by atoms with E-state index in [4.69, 9.17) is 23.8 Å². The summed E-state index contributed by atoms with van der Waals surface area (Å²) in [4.78, 5) is 26.1. The van der Waals surface area contributed by atoms with Crippen LogP contribution in [0.2, 0.25) is 5.02 Å². The average Bonchev–Trinajstić information content (AvgIpc) is 2.83. The molecule has 0 aliphatic carbocycles. The molecule has 1 aliphatic heterocycles. The van der Waals surface area contributed by atoms with E-state index in [1.54, 1.807) is 18.2 Å². The van der Waals surface area contributed by atoms with Crippen molar-refractivity contribution in [3.63, 3.8) is 0 Å². The van der Waals surface area contributed by atoms with Gasteiger partial charge in [-0.25, -0.2) is 0 Å². The molecule has 0 spiro atoms. The highest BCUT2D eigenvalue weighted by Gasteiger charge is 2.33. The molecule has 122 valence electrons. The van der Waals surface area contributed by atoms with Crippen LogP contribution in [0, 0.1) is 0 Å². The minimum absolute atomic E-state index is 0.0193. The normalized spacial score (nSPS) is 16.8. The van der Waals surface area contributed by atoms with Crippen molar-refractivity contribution < 1.29 is 9.59 Å². The lowest BCUT2D eigenvalue weighted by Gasteiger charge is -2.27. The molecular weight excluding hydrogens is 432 g/mol. The lowest BCUT2D eigenvalue weighted by atomic mass is 10.1. The van der Waals surface area contributed by atoms with Crippen LogP contribution >= 0.6 is 51.1 Å². The third kappa shape index (κ3) is 3.04. The molecule has 2 amide bonds. The van der Waals surface area contributed by atoms with Gasteiger partial charge in [0, 0.05) is 27.2 Å². The number of nitrogens with zero attached hydrogens (tertiary/aromatic N) is 1. The quantitative estimate of drug-likeness (QED) is 0.337. The minimum Gasteiger partial charge on any atom is -0.298 e. The zero-order chi connectivity index (χ0) is 17.4. The zero-order valence-corrected chi connectivity index (χ0v) is 16.1. The van der Waals surface area contributed by atoms with E-state index in [-0.39, 0.29) is 17.2 Å². The van der Waals surface area contributed by atoms with Crippen LogP contribution in [0.15, 0.2) is 40.2 Å². The van der Waals surface area contributed by atoms with Gasteiger partial charge >= 0.3 is 0 Å². The van der Waals surface area contributed by atoms with Gasteiger partial charge in [0.2, 0.25) is 0 Å². The summed E-state index contributed by atoms with van der Waals surface area (Å²) in [5.41, 5.74) is 0.758. The van der Waals surface area contributed by atoms with Gasteiger partial charge in [-0.05, 0) is 52.4 Å². The maximum Gasteiger partial charge on any atom is 0.265 e. The highest BCUT2D eigenvalue weighted by atomic mass is 79.9. The van der Waals surface area contributed by atoms with Crippen molar-refractivity contribution >= 4 is 84.2 Å². The van der Waals surface area contributed by atoms with Crippen molar-refractivity contribution in [1.29, 1.82) is 0 Å². The highest BCUT2D eigenvalue weighted by molar-refractivity contribution is 9.11. The number of thiophene rings is 1. The first-order chi connectivity index (χ1) is 11.4. The lowest BCUT2D eigenvalue weighted by molar-refractivity contribution is -0.128. The number of hydrogen-bond donors (Lipinski definition) is 1. The Kier molecular flexibility index (Phi) is 4.87. The van der Waals surface area contributed by atoms with E-state index in [1.165, 1.54) is 16.2 Å². The zero-order valence-electron chi connectivity index (χ0n) is 12.1. The summed E-state index contributed by atoms with van der Waals surface area (Å²) in [5.74, 6) is -0.962. The smallest absolute Gasteiger partial charge is 0.265 e. The van der Waals surface area contributed by atoms with Gasteiger partial charge in [0.25, 0.3) is 11.8 Å². The van der Waals surface area contributed by atoms with Gasteiger partial charge in [-0.2, -0.15) is 0 Å². The molecule has 2 aromatic rings. The van der Waals surface area contributed by atoms with Crippen LogP contribution in [-0.4, -0.2) is 28.4 Å².